The summed E-state index contributed by atoms with van der Waals surface area (Å²) < 4.78 is 6.81. The first kappa shape index (κ1) is 11.4. The van der Waals surface area contributed by atoms with Gasteiger partial charge in [0.2, 0.25) is 5.91 Å². The van der Waals surface area contributed by atoms with Gasteiger partial charge in [-0.2, -0.15) is 5.10 Å². The third-order valence-corrected chi connectivity index (χ3v) is 2.44. The van der Waals surface area contributed by atoms with Gasteiger partial charge in [0, 0.05) is 5.69 Å². The molecule has 2 rings (SSSR count). The van der Waals surface area contributed by atoms with E-state index in [0.29, 0.717) is 6.54 Å². The number of aryl methyl sites for hydroxylation is 2. The Hall–Kier alpha value is -2.04. The van der Waals surface area contributed by atoms with Crippen molar-refractivity contribution in [2.24, 2.45) is 0 Å². The molecule has 90 valence electrons. The first-order valence-corrected chi connectivity index (χ1v) is 5.45. The Morgan fingerprint density at radius 2 is 2.35 bits per heavy atom. The van der Waals surface area contributed by atoms with E-state index < -0.39 is 0 Å². The molecule has 0 atom stereocenters. The number of nitrogens with one attached hydrogen (secondary N) is 1. The molecule has 2 aromatic heterocycles. The van der Waals surface area contributed by atoms with E-state index in [1.165, 1.54) is 0 Å². The molecule has 0 saturated heterocycles. The van der Waals surface area contributed by atoms with E-state index in [4.69, 9.17) is 4.42 Å². The minimum absolute atomic E-state index is 0.0763. The van der Waals surface area contributed by atoms with Gasteiger partial charge >= 0.3 is 0 Å². The van der Waals surface area contributed by atoms with Gasteiger partial charge in [-0.05, 0) is 32.0 Å². The fraction of sp³-hybridized carbons (Fsp3) is 0.333. The fourth-order valence-electron chi connectivity index (χ4n) is 1.63. The van der Waals surface area contributed by atoms with Gasteiger partial charge in [0.05, 0.1) is 18.5 Å². The Balaban J connectivity index is 1.87. The molecule has 0 spiro atoms. The second-order valence-electron chi connectivity index (χ2n) is 3.94. The number of amides is 1. The van der Waals surface area contributed by atoms with Crippen LogP contribution < -0.4 is 5.32 Å². The second-order valence-corrected chi connectivity index (χ2v) is 3.94. The maximum atomic E-state index is 11.7. The van der Waals surface area contributed by atoms with Crippen LogP contribution in [0.2, 0.25) is 0 Å². The molecule has 5 nitrogen and oxygen atoms in total. The molecule has 0 aromatic carbocycles. The Kier molecular flexibility index (Phi) is 3.27. The summed E-state index contributed by atoms with van der Waals surface area (Å²) in [5, 5.41) is 7.00. The van der Waals surface area contributed by atoms with E-state index in [0.717, 1.165) is 17.1 Å². The molecule has 5 heteroatoms. The van der Waals surface area contributed by atoms with Crippen molar-refractivity contribution in [2.45, 2.75) is 26.9 Å². The molecular formula is C12H15N3O2. The summed E-state index contributed by atoms with van der Waals surface area (Å²) in [7, 11) is 0. The van der Waals surface area contributed by atoms with Crippen LogP contribution in [0.3, 0.4) is 0 Å². The summed E-state index contributed by atoms with van der Waals surface area (Å²) in [6.07, 6.45) is 1.59. The quantitative estimate of drug-likeness (QED) is 0.868. The maximum absolute atomic E-state index is 11.7. The number of hydrogen-bond donors (Lipinski definition) is 1. The van der Waals surface area contributed by atoms with E-state index in [1.807, 2.05) is 26.0 Å². The van der Waals surface area contributed by atoms with Crippen LogP contribution in [0.1, 0.15) is 17.1 Å². The Bertz CT molecular complexity index is 500. The standard InChI is InChI=1S/C12H15N3O2/c1-9-6-10(2)15(14-9)8-12(16)13-7-11-4-3-5-17-11/h3-6H,7-8H2,1-2H3,(H,13,16). The third kappa shape index (κ3) is 2.96. The van der Waals surface area contributed by atoms with Gasteiger partial charge in [-0.15, -0.1) is 0 Å². The number of furan rings is 1. The predicted molar refractivity (Wildman–Crippen MR) is 62.3 cm³/mol. The normalized spacial score (nSPS) is 10.5. The molecule has 2 heterocycles. The zero-order valence-electron chi connectivity index (χ0n) is 9.93. The fourth-order valence-corrected chi connectivity index (χ4v) is 1.63. The van der Waals surface area contributed by atoms with Crippen molar-refractivity contribution in [1.82, 2.24) is 15.1 Å². The lowest BCUT2D eigenvalue weighted by molar-refractivity contribution is -0.122. The number of rotatable bonds is 4. The number of carbonyl (C=O) groups excluding carboxylic acids is 1. The van der Waals surface area contributed by atoms with Gasteiger partial charge in [0.1, 0.15) is 12.3 Å². The lowest BCUT2D eigenvalue weighted by Crippen LogP contribution is -2.27. The third-order valence-electron chi connectivity index (χ3n) is 2.44. The molecular weight excluding hydrogens is 218 g/mol. The van der Waals surface area contributed by atoms with Crippen LogP contribution in [0.4, 0.5) is 0 Å². The van der Waals surface area contributed by atoms with E-state index in [2.05, 4.69) is 10.4 Å². The predicted octanol–water partition coefficient (Wildman–Crippen LogP) is 1.41. The molecule has 0 bridgehead atoms. The summed E-state index contributed by atoms with van der Waals surface area (Å²) in [5.41, 5.74) is 1.90. The van der Waals surface area contributed by atoms with Crippen LogP contribution in [0, 0.1) is 13.8 Å². The molecule has 17 heavy (non-hydrogen) atoms. The number of aromatic nitrogens is 2. The van der Waals surface area contributed by atoms with Crippen LogP contribution >= 0.6 is 0 Å². The summed E-state index contributed by atoms with van der Waals surface area (Å²) >= 11 is 0. The van der Waals surface area contributed by atoms with Crippen LogP contribution in [-0.4, -0.2) is 15.7 Å². The number of nitrogens with zero attached hydrogens (tertiary/aromatic N) is 2. The highest BCUT2D eigenvalue weighted by Crippen LogP contribution is 2.02. The SMILES string of the molecule is Cc1cc(C)n(CC(=O)NCc2ccco2)n1. The molecule has 1 N–H and O–H groups in total. The highest BCUT2D eigenvalue weighted by molar-refractivity contribution is 5.75. The molecule has 1 amide bonds. The first-order valence-electron chi connectivity index (χ1n) is 5.45. The van der Waals surface area contributed by atoms with Gasteiger partial charge in [-0.1, -0.05) is 0 Å². The Morgan fingerprint density at radius 3 is 2.94 bits per heavy atom. The van der Waals surface area contributed by atoms with E-state index in [-0.39, 0.29) is 12.5 Å². The summed E-state index contributed by atoms with van der Waals surface area (Å²) in [6.45, 7) is 4.48. The van der Waals surface area contributed by atoms with Crippen molar-refractivity contribution in [2.75, 3.05) is 0 Å². The van der Waals surface area contributed by atoms with Crippen LogP contribution in [0.15, 0.2) is 28.9 Å². The summed E-state index contributed by atoms with van der Waals surface area (Å²) in [4.78, 5) is 11.7. The minimum atomic E-state index is -0.0763. The number of hydrogen-bond acceptors (Lipinski definition) is 3. The van der Waals surface area contributed by atoms with E-state index in [1.54, 1.807) is 17.0 Å². The number of carbonyl (C=O) groups is 1. The van der Waals surface area contributed by atoms with Gasteiger partial charge in [-0.3, -0.25) is 9.48 Å². The molecule has 0 radical (unpaired) electrons. The topological polar surface area (TPSA) is 60.1 Å². The Morgan fingerprint density at radius 1 is 1.53 bits per heavy atom. The van der Waals surface area contributed by atoms with Crippen molar-refractivity contribution >= 4 is 5.91 Å². The maximum Gasteiger partial charge on any atom is 0.242 e. The average molecular weight is 233 g/mol. The van der Waals surface area contributed by atoms with E-state index in [9.17, 15) is 4.79 Å². The van der Waals surface area contributed by atoms with Crippen molar-refractivity contribution in [3.63, 3.8) is 0 Å². The lowest BCUT2D eigenvalue weighted by atomic mass is 10.4. The van der Waals surface area contributed by atoms with Crippen LogP contribution in [0.5, 0.6) is 0 Å². The monoisotopic (exact) mass is 233 g/mol. The highest BCUT2D eigenvalue weighted by atomic mass is 16.3. The smallest absolute Gasteiger partial charge is 0.242 e. The van der Waals surface area contributed by atoms with Gasteiger partial charge < -0.3 is 9.73 Å². The second kappa shape index (κ2) is 4.86. The molecule has 2 aromatic rings. The van der Waals surface area contributed by atoms with Gasteiger partial charge in [0.15, 0.2) is 0 Å². The van der Waals surface area contributed by atoms with Crippen molar-refractivity contribution < 1.29 is 9.21 Å². The zero-order chi connectivity index (χ0) is 12.3. The van der Waals surface area contributed by atoms with Crippen LogP contribution in [0.25, 0.3) is 0 Å². The molecule has 0 aliphatic heterocycles. The highest BCUT2D eigenvalue weighted by Gasteiger charge is 2.07. The molecule has 0 fully saturated rings. The molecule has 0 saturated carbocycles. The molecule has 0 aliphatic carbocycles. The first-order chi connectivity index (χ1) is 8.15. The van der Waals surface area contributed by atoms with Gasteiger partial charge in [-0.25, -0.2) is 0 Å². The molecule has 0 unspecified atom stereocenters. The van der Waals surface area contributed by atoms with Crippen molar-refractivity contribution in [1.29, 1.82) is 0 Å². The summed E-state index contributed by atoms with van der Waals surface area (Å²) in [6, 6.07) is 5.56. The molecule has 0 aliphatic rings. The minimum Gasteiger partial charge on any atom is -0.467 e. The summed E-state index contributed by atoms with van der Waals surface area (Å²) in [5.74, 6) is 0.666. The van der Waals surface area contributed by atoms with Gasteiger partial charge in [0.25, 0.3) is 0 Å². The van der Waals surface area contributed by atoms with Crippen LogP contribution in [-0.2, 0) is 17.9 Å². The lowest BCUT2D eigenvalue weighted by Gasteiger charge is -2.05. The van der Waals surface area contributed by atoms with Crippen molar-refractivity contribution in [3.8, 4) is 0 Å². The van der Waals surface area contributed by atoms with E-state index >= 15 is 0 Å². The zero-order valence-corrected chi connectivity index (χ0v) is 9.93. The van der Waals surface area contributed by atoms with Crippen molar-refractivity contribution in [3.05, 3.63) is 41.6 Å². The average Bonchev–Trinajstić information content (AvgIpc) is 2.87. The largest absolute Gasteiger partial charge is 0.467 e. The Labute approximate surface area is 99.4 Å².